The first-order valence-corrected chi connectivity index (χ1v) is 8.48. The maximum Gasteiger partial charge on any atom is 0.237 e. The number of amides is 1. The van der Waals surface area contributed by atoms with E-state index in [2.05, 4.69) is 17.1 Å². The van der Waals surface area contributed by atoms with Crippen molar-refractivity contribution in [2.24, 2.45) is 5.73 Å². The van der Waals surface area contributed by atoms with Crippen LogP contribution in [0.4, 0.5) is 0 Å². The Bertz CT molecular complexity index is 363. The summed E-state index contributed by atoms with van der Waals surface area (Å²) < 4.78 is 0. The van der Waals surface area contributed by atoms with Gasteiger partial charge < -0.3 is 11.1 Å². The van der Waals surface area contributed by atoms with Crippen LogP contribution in [0.2, 0.25) is 0 Å². The summed E-state index contributed by atoms with van der Waals surface area (Å²) >= 11 is 0. The van der Waals surface area contributed by atoms with Gasteiger partial charge >= 0.3 is 0 Å². The number of nitrogens with two attached hydrogens (primary N) is 1. The fraction of sp³-hybridized carbons (Fsp3) is 0.938. The summed E-state index contributed by atoms with van der Waals surface area (Å²) in [5.41, 5.74) is 5.33. The van der Waals surface area contributed by atoms with Crippen molar-refractivity contribution >= 4 is 5.91 Å². The molecular formula is C16H29N3O. The van der Waals surface area contributed by atoms with Gasteiger partial charge in [-0.2, -0.15) is 0 Å². The highest BCUT2D eigenvalue weighted by atomic mass is 16.1. The molecule has 0 aromatic rings. The van der Waals surface area contributed by atoms with Gasteiger partial charge in [-0.3, -0.25) is 9.69 Å². The highest BCUT2D eigenvalue weighted by Gasteiger charge is 2.48. The molecule has 0 bridgehead atoms. The zero-order valence-electron chi connectivity index (χ0n) is 12.7. The van der Waals surface area contributed by atoms with Gasteiger partial charge in [0.1, 0.15) is 0 Å². The summed E-state index contributed by atoms with van der Waals surface area (Å²) in [6.07, 6.45) is 10.8. The molecule has 1 amide bonds. The molecule has 114 valence electrons. The van der Waals surface area contributed by atoms with Gasteiger partial charge in [-0.25, -0.2) is 0 Å². The van der Waals surface area contributed by atoms with Gasteiger partial charge in [0.05, 0.1) is 5.54 Å². The average Bonchev–Trinajstić information content (AvgIpc) is 2.92. The van der Waals surface area contributed by atoms with Gasteiger partial charge in [0.25, 0.3) is 0 Å². The van der Waals surface area contributed by atoms with E-state index in [-0.39, 0.29) is 5.91 Å². The van der Waals surface area contributed by atoms with Crippen LogP contribution in [-0.4, -0.2) is 41.0 Å². The zero-order chi connectivity index (χ0) is 14.2. The van der Waals surface area contributed by atoms with Crippen LogP contribution < -0.4 is 11.1 Å². The molecule has 0 aromatic carbocycles. The Morgan fingerprint density at radius 1 is 1.20 bits per heavy atom. The number of primary amides is 1. The Morgan fingerprint density at radius 3 is 2.45 bits per heavy atom. The fourth-order valence-electron chi connectivity index (χ4n) is 4.40. The highest BCUT2D eigenvalue weighted by Crippen LogP contribution is 2.38. The number of nitrogens with zero attached hydrogens (tertiary/aromatic N) is 1. The number of hydrogen-bond acceptors (Lipinski definition) is 3. The van der Waals surface area contributed by atoms with Gasteiger partial charge in [0, 0.05) is 18.1 Å². The van der Waals surface area contributed by atoms with Crippen molar-refractivity contribution in [2.45, 2.75) is 88.4 Å². The van der Waals surface area contributed by atoms with Crippen molar-refractivity contribution < 1.29 is 4.79 Å². The standard InChI is InChI=1S/C16H29N3O/c1-2-19(13-5-3-4-6-13)14-9-10-16(11-14,15(17)20)18-12-7-8-12/h12-14,18H,2-11H2,1H3,(H2,17,20). The monoisotopic (exact) mass is 279 g/mol. The van der Waals surface area contributed by atoms with Crippen LogP contribution in [-0.2, 0) is 4.79 Å². The molecule has 4 heteroatoms. The SMILES string of the molecule is CCN(C1CCCC1)C1CCC(NC2CC2)(C(N)=O)C1. The lowest BCUT2D eigenvalue weighted by atomic mass is 9.95. The van der Waals surface area contributed by atoms with Crippen molar-refractivity contribution in [1.82, 2.24) is 10.2 Å². The second-order valence-corrected chi connectivity index (χ2v) is 7.03. The largest absolute Gasteiger partial charge is 0.368 e. The van der Waals surface area contributed by atoms with Crippen LogP contribution in [0.1, 0.15) is 64.7 Å². The topological polar surface area (TPSA) is 58.4 Å². The summed E-state index contributed by atoms with van der Waals surface area (Å²) in [5.74, 6) is -0.130. The van der Waals surface area contributed by atoms with Crippen LogP contribution in [0, 0.1) is 0 Å². The van der Waals surface area contributed by atoms with Crippen molar-refractivity contribution in [2.75, 3.05) is 6.54 Å². The number of hydrogen-bond donors (Lipinski definition) is 2. The predicted octanol–water partition coefficient (Wildman–Crippen LogP) is 1.78. The first-order chi connectivity index (χ1) is 9.64. The Balaban J connectivity index is 1.67. The minimum absolute atomic E-state index is 0.130. The Morgan fingerprint density at radius 2 is 1.90 bits per heavy atom. The predicted molar refractivity (Wildman–Crippen MR) is 80.4 cm³/mol. The van der Waals surface area contributed by atoms with Crippen molar-refractivity contribution in [3.8, 4) is 0 Å². The molecule has 0 aromatic heterocycles. The molecule has 0 heterocycles. The van der Waals surface area contributed by atoms with Crippen LogP contribution in [0.3, 0.4) is 0 Å². The second-order valence-electron chi connectivity index (χ2n) is 7.03. The molecule has 4 nitrogen and oxygen atoms in total. The quantitative estimate of drug-likeness (QED) is 0.779. The minimum atomic E-state index is -0.419. The second kappa shape index (κ2) is 5.64. The third-order valence-electron chi connectivity index (χ3n) is 5.65. The summed E-state index contributed by atoms with van der Waals surface area (Å²) in [7, 11) is 0. The van der Waals surface area contributed by atoms with E-state index in [4.69, 9.17) is 5.73 Å². The van der Waals surface area contributed by atoms with E-state index >= 15 is 0 Å². The third kappa shape index (κ3) is 2.73. The van der Waals surface area contributed by atoms with E-state index in [9.17, 15) is 4.79 Å². The molecule has 20 heavy (non-hydrogen) atoms. The van der Waals surface area contributed by atoms with Gasteiger partial charge in [0.15, 0.2) is 0 Å². The van der Waals surface area contributed by atoms with Gasteiger partial charge in [-0.05, 0) is 51.5 Å². The first kappa shape index (κ1) is 14.3. The Labute approximate surface area is 122 Å². The molecule has 3 fully saturated rings. The van der Waals surface area contributed by atoms with Crippen LogP contribution >= 0.6 is 0 Å². The first-order valence-electron chi connectivity index (χ1n) is 8.48. The number of nitrogens with one attached hydrogen (secondary N) is 1. The molecule has 3 N–H and O–H groups in total. The molecule has 0 spiro atoms. The van der Waals surface area contributed by atoms with Crippen LogP contribution in [0.25, 0.3) is 0 Å². The van der Waals surface area contributed by atoms with Crippen molar-refractivity contribution in [3.05, 3.63) is 0 Å². The van der Waals surface area contributed by atoms with E-state index in [0.717, 1.165) is 31.8 Å². The Hall–Kier alpha value is -0.610. The molecule has 2 atom stereocenters. The van der Waals surface area contributed by atoms with E-state index < -0.39 is 5.54 Å². The van der Waals surface area contributed by atoms with Crippen molar-refractivity contribution in [1.29, 1.82) is 0 Å². The van der Waals surface area contributed by atoms with Gasteiger partial charge in [-0.15, -0.1) is 0 Å². The third-order valence-corrected chi connectivity index (χ3v) is 5.65. The molecule has 2 unspecified atom stereocenters. The van der Waals surface area contributed by atoms with Crippen molar-refractivity contribution in [3.63, 3.8) is 0 Å². The number of carbonyl (C=O) groups is 1. The lowest BCUT2D eigenvalue weighted by Crippen LogP contribution is -2.55. The van der Waals surface area contributed by atoms with E-state index in [1.54, 1.807) is 0 Å². The molecule has 3 aliphatic rings. The van der Waals surface area contributed by atoms with Gasteiger partial charge in [0.2, 0.25) is 5.91 Å². The summed E-state index contributed by atoms with van der Waals surface area (Å²) in [6.45, 7) is 3.37. The van der Waals surface area contributed by atoms with Crippen LogP contribution in [0.5, 0.6) is 0 Å². The highest BCUT2D eigenvalue weighted by molar-refractivity contribution is 5.85. The fourth-order valence-corrected chi connectivity index (χ4v) is 4.40. The average molecular weight is 279 g/mol. The molecule has 0 aliphatic heterocycles. The maximum atomic E-state index is 12.0. The molecule has 3 rings (SSSR count). The molecule has 3 aliphatic carbocycles. The normalized spacial score (nSPS) is 35.0. The van der Waals surface area contributed by atoms with E-state index in [1.165, 1.54) is 38.5 Å². The zero-order valence-corrected chi connectivity index (χ0v) is 12.7. The molecular weight excluding hydrogens is 250 g/mol. The van der Waals surface area contributed by atoms with E-state index in [0.29, 0.717) is 12.1 Å². The molecule has 0 saturated heterocycles. The molecule has 3 saturated carbocycles. The summed E-state index contributed by atoms with van der Waals surface area (Å²) in [5, 5.41) is 3.56. The Kier molecular flexibility index (Phi) is 4.04. The minimum Gasteiger partial charge on any atom is -0.368 e. The summed E-state index contributed by atoms with van der Waals surface area (Å²) in [6, 6.07) is 1.83. The van der Waals surface area contributed by atoms with Gasteiger partial charge in [-0.1, -0.05) is 19.8 Å². The lowest BCUT2D eigenvalue weighted by Gasteiger charge is -2.35. The number of carbonyl (C=O) groups excluding carboxylic acids is 1. The van der Waals surface area contributed by atoms with E-state index in [1.807, 2.05) is 0 Å². The number of rotatable bonds is 6. The molecule has 0 radical (unpaired) electrons. The lowest BCUT2D eigenvalue weighted by molar-refractivity contribution is -0.124. The maximum absolute atomic E-state index is 12.0. The smallest absolute Gasteiger partial charge is 0.237 e. The van der Waals surface area contributed by atoms with Crippen LogP contribution in [0.15, 0.2) is 0 Å². The summed E-state index contributed by atoms with van der Waals surface area (Å²) in [4.78, 5) is 14.7.